The molecule has 0 saturated carbocycles. The SMILES string of the molecule is SC1CCN(CC2=CCCC=C2)CC1. The molecule has 2 aliphatic rings. The molecule has 0 unspecified atom stereocenters. The fraction of sp³-hybridized carbons (Fsp3) is 0.667. The molecule has 0 spiro atoms. The number of nitrogens with zero attached hydrogens (tertiary/aromatic N) is 1. The molecule has 0 bridgehead atoms. The van der Waals surface area contributed by atoms with Crippen LogP contribution in [0.3, 0.4) is 0 Å². The molecule has 0 aromatic rings. The van der Waals surface area contributed by atoms with E-state index in [-0.39, 0.29) is 0 Å². The van der Waals surface area contributed by atoms with Crippen molar-refractivity contribution >= 4 is 12.6 Å². The summed E-state index contributed by atoms with van der Waals surface area (Å²) >= 11 is 4.51. The van der Waals surface area contributed by atoms with Crippen molar-refractivity contribution in [1.29, 1.82) is 0 Å². The molecule has 0 amide bonds. The van der Waals surface area contributed by atoms with Crippen LogP contribution in [-0.4, -0.2) is 29.8 Å². The second-order valence-electron chi connectivity index (χ2n) is 4.27. The van der Waals surface area contributed by atoms with Crippen LogP contribution in [0.2, 0.25) is 0 Å². The average molecular weight is 209 g/mol. The van der Waals surface area contributed by atoms with E-state index in [1.54, 1.807) is 0 Å². The van der Waals surface area contributed by atoms with Gasteiger partial charge in [-0.25, -0.2) is 0 Å². The zero-order valence-electron chi connectivity index (χ0n) is 8.65. The van der Waals surface area contributed by atoms with Crippen LogP contribution in [0.1, 0.15) is 25.7 Å². The molecule has 0 aromatic carbocycles. The van der Waals surface area contributed by atoms with Crippen molar-refractivity contribution in [2.75, 3.05) is 19.6 Å². The number of piperidine rings is 1. The minimum absolute atomic E-state index is 0.641. The van der Waals surface area contributed by atoms with Gasteiger partial charge >= 0.3 is 0 Å². The van der Waals surface area contributed by atoms with Gasteiger partial charge < -0.3 is 0 Å². The van der Waals surface area contributed by atoms with E-state index in [9.17, 15) is 0 Å². The molecular formula is C12H19NS. The zero-order chi connectivity index (χ0) is 9.80. The van der Waals surface area contributed by atoms with Gasteiger partial charge in [-0.3, -0.25) is 4.90 Å². The molecule has 1 heterocycles. The summed E-state index contributed by atoms with van der Waals surface area (Å²) in [6.07, 6.45) is 11.9. The average Bonchev–Trinajstić information content (AvgIpc) is 2.23. The van der Waals surface area contributed by atoms with E-state index < -0.39 is 0 Å². The molecule has 0 atom stereocenters. The number of allylic oxidation sites excluding steroid dienone is 2. The van der Waals surface area contributed by atoms with Gasteiger partial charge in [-0.05, 0) is 44.3 Å². The third-order valence-corrected chi connectivity index (χ3v) is 3.55. The summed E-state index contributed by atoms with van der Waals surface area (Å²) in [4.78, 5) is 2.55. The van der Waals surface area contributed by atoms with E-state index in [1.165, 1.54) is 44.3 Å². The molecule has 0 radical (unpaired) electrons. The van der Waals surface area contributed by atoms with Crippen LogP contribution in [0.5, 0.6) is 0 Å². The van der Waals surface area contributed by atoms with Crippen LogP contribution in [0, 0.1) is 0 Å². The summed E-state index contributed by atoms with van der Waals surface area (Å²) in [5.74, 6) is 0. The Morgan fingerprint density at radius 3 is 2.71 bits per heavy atom. The Morgan fingerprint density at radius 2 is 2.07 bits per heavy atom. The van der Waals surface area contributed by atoms with Gasteiger partial charge in [0.05, 0.1) is 0 Å². The maximum Gasteiger partial charge on any atom is 0.0230 e. The lowest BCUT2D eigenvalue weighted by atomic mass is 10.0. The van der Waals surface area contributed by atoms with Crippen LogP contribution < -0.4 is 0 Å². The highest BCUT2D eigenvalue weighted by molar-refractivity contribution is 7.80. The van der Waals surface area contributed by atoms with Crippen LogP contribution >= 0.6 is 12.6 Å². The Balaban J connectivity index is 1.80. The van der Waals surface area contributed by atoms with Gasteiger partial charge in [0.1, 0.15) is 0 Å². The predicted molar refractivity (Wildman–Crippen MR) is 64.9 cm³/mol. The molecule has 2 heteroatoms. The number of thiol groups is 1. The van der Waals surface area contributed by atoms with Crippen molar-refractivity contribution in [3.05, 3.63) is 23.8 Å². The number of rotatable bonds is 2. The summed E-state index contributed by atoms with van der Waals surface area (Å²) in [5.41, 5.74) is 1.51. The molecular weight excluding hydrogens is 190 g/mol. The Morgan fingerprint density at radius 1 is 1.29 bits per heavy atom. The maximum absolute atomic E-state index is 4.51. The summed E-state index contributed by atoms with van der Waals surface area (Å²) in [6.45, 7) is 3.59. The first-order valence-electron chi connectivity index (χ1n) is 5.60. The summed E-state index contributed by atoms with van der Waals surface area (Å²) in [5, 5.41) is 0.641. The third-order valence-electron chi connectivity index (χ3n) is 3.04. The number of hydrogen-bond acceptors (Lipinski definition) is 2. The third kappa shape index (κ3) is 2.89. The van der Waals surface area contributed by atoms with Crippen molar-refractivity contribution in [2.45, 2.75) is 30.9 Å². The van der Waals surface area contributed by atoms with Crippen molar-refractivity contribution in [1.82, 2.24) is 4.90 Å². The van der Waals surface area contributed by atoms with Gasteiger partial charge in [0, 0.05) is 11.8 Å². The molecule has 1 aliphatic carbocycles. The van der Waals surface area contributed by atoms with Gasteiger partial charge in [-0.2, -0.15) is 12.6 Å². The Kier molecular flexibility index (Phi) is 3.71. The van der Waals surface area contributed by atoms with E-state index in [0.717, 1.165) is 6.54 Å². The highest BCUT2D eigenvalue weighted by Crippen LogP contribution is 2.18. The molecule has 2 rings (SSSR count). The largest absolute Gasteiger partial charge is 0.299 e. The second-order valence-corrected chi connectivity index (χ2v) is 5.00. The zero-order valence-corrected chi connectivity index (χ0v) is 9.55. The monoisotopic (exact) mass is 209 g/mol. The lowest BCUT2D eigenvalue weighted by molar-refractivity contribution is 0.252. The van der Waals surface area contributed by atoms with Gasteiger partial charge in [0.15, 0.2) is 0 Å². The lowest BCUT2D eigenvalue weighted by Gasteiger charge is -2.30. The highest BCUT2D eigenvalue weighted by Gasteiger charge is 2.16. The Bertz CT molecular complexity index is 237. The molecule has 1 saturated heterocycles. The topological polar surface area (TPSA) is 3.24 Å². The molecule has 1 nitrogen and oxygen atoms in total. The van der Waals surface area contributed by atoms with Gasteiger partial charge in [0.25, 0.3) is 0 Å². The van der Waals surface area contributed by atoms with Crippen LogP contribution in [0.25, 0.3) is 0 Å². The van der Waals surface area contributed by atoms with Crippen LogP contribution in [0.4, 0.5) is 0 Å². The fourth-order valence-electron chi connectivity index (χ4n) is 2.12. The van der Waals surface area contributed by atoms with Gasteiger partial charge in [-0.1, -0.05) is 18.2 Å². The second kappa shape index (κ2) is 5.04. The Hall–Kier alpha value is -0.210. The summed E-state index contributed by atoms with van der Waals surface area (Å²) in [6, 6.07) is 0. The van der Waals surface area contributed by atoms with E-state index in [0.29, 0.717) is 5.25 Å². The van der Waals surface area contributed by atoms with Gasteiger partial charge in [-0.15, -0.1) is 0 Å². The molecule has 14 heavy (non-hydrogen) atoms. The summed E-state index contributed by atoms with van der Waals surface area (Å²) < 4.78 is 0. The fourth-order valence-corrected chi connectivity index (χ4v) is 2.35. The lowest BCUT2D eigenvalue weighted by Crippen LogP contribution is -2.35. The van der Waals surface area contributed by atoms with E-state index in [1.807, 2.05) is 0 Å². The minimum Gasteiger partial charge on any atom is -0.299 e. The highest BCUT2D eigenvalue weighted by atomic mass is 32.1. The minimum atomic E-state index is 0.641. The van der Waals surface area contributed by atoms with Crippen molar-refractivity contribution in [3.63, 3.8) is 0 Å². The van der Waals surface area contributed by atoms with Crippen molar-refractivity contribution in [3.8, 4) is 0 Å². The molecule has 1 aliphatic heterocycles. The molecule has 1 fully saturated rings. The normalized spacial score (nSPS) is 25.1. The smallest absolute Gasteiger partial charge is 0.0230 e. The first-order chi connectivity index (χ1) is 6.84. The Labute approximate surface area is 92.3 Å². The summed E-state index contributed by atoms with van der Waals surface area (Å²) in [7, 11) is 0. The van der Waals surface area contributed by atoms with Crippen molar-refractivity contribution in [2.24, 2.45) is 0 Å². The van der Waals surface area contributed by atoms with E-state index >= 15 is 0 Å². The molecule has 0 N–H and O–H groups in total. The van der Waals surface area contributed by atoms with Crippen molar-refractivity contribution < 1.29 is 0 Å². The maximum atomic E-state index is 4.51. The molecule has 0 aromatic heterocycles. The van der Waals surface area contributed by atoms with E-state index in [2.05, 4.69) is 35.8 Å². The van der Waals surface area contributed by atoms with Crippen LogP contribution in [0.15, 0.2) is 23.8 Å². The standard InChI is InChI=1S/C12H19NS/c14-12-6-8-13(9-7-12)10-11-4-2-1-3-5-11/h2,4-5,12,14H,1,3,6-10H2. The van der Waals surface area contributed by atoms with Gasteiger partial charge in [0.2, 0.25) is 0 Å². The number of hydrogen-bond donors (Lipinski definition) is 1. The number of likely N-dealkylation sites (tertiary alicyclic amines) is 1. The first-order valence-corrected chi connectivity index (χ1v) is 6.12. The van der Waals surface area contributed by atoms with Crippen LogP contribution in [-0.2, 0) is 0 Å². The van der Waals surface area contributed by atoms with E-state index in [4.69, 9.17) is 0 Å². The predicted octanol–water partition coefficient (Wildman–Crippen LogP) is 2.66. The quantitative estimate of drug-likeness (QED) is 0.684. The molecule has 78 valence electrons. The first kappa shape index (κ1) is 10.3.